The van der Waals surface area contributed by atoms with Crippen LogP contribution in [0.3, 0.4) is 0 Å². The molecule has 0 heterocycles. The normalized spacial score (nSPS) is 24.6. The SMILES string of the molecule is CC1C=C(N)C=C(CCC2=CCCCC(N)=C2)C1. The Morgan fingerprint density at radius 2 is 2.06 bits per heavy atom. The topological polar surface area (TPSA) is 52.0 Å². The largest absolute Gasteiger partial charge is 0.402 e. The molecule has 2 nitrogen and oxygen atoms in total. The molecule has 0 aromatic rings. The van der Waals surface area contributed by atoms with Crippen molar-refractivity contribution in [2.75, 3.05) is 0 Å². The van der Waals surface area contributed by atoms with Gasteiger partial charge in [0, 0.05) is 11.4 Å². The number of hydrogen-bond donors (Lipinski definition) is 2. The second-order valence-corrected chi connectivity index (χ2v) is 5.54. The number of rotatable bonds is 3. The van der Waals surface area contributed by atoms with Crippen molar-refractivity contribution in [1.29, 1.82) is 0 Å². The van der Waals surface area contributed by atoms with Crippen molar-refractivity contribution in [2.24, 2.45) is 17.4 Å². The molecule has 0 radical (unpaired) electrons. The summed E-state index contributed by atoms with van der Waals surface area (Å²) in [5.41, 5.74) is 16.7. The first-order valence-corrected chi connectivity index (χ1v) is 6.95. The maximum Gasteiger partial charge on any atom is 0.0275 e. The van der Waals surface area contributed by atoms with E-state index in [0.717, 1.165) is 43.5 Å². The first kappa shape index (κ1) is 13.0. The van der Waals surface area contributed by atoms with E-state index >= 15 is 0 Å². The highest BCUT2D eigenvalue weighted by Gasteiger charge is 2.10. The zero-order valence-corrected chi connectivity index (χ0v) is 11.3. The maximum atomic E-state index is 5.95. The monoisotopic (exact) mass is 244 g/mol. The van der Waals surface area contributed by atoms with E-state index in [-0.39, 0.29) is 0 Å². The van der Waals surface area contributed by atoms with Crippen molar-refractivity contribution in [3.63, 3.8) is 0 Å². The number of hydrogen-bond acceptors (Lipinski definition) is 2. The summed E-state index contributed by atoms with van der Waals surface area (Å²) in [6, 6.07) is 0. The fourth-order valence-corrected chi connectivity index (χ4v) is 2.76. The lowest BCUT2D eigenvalue weighted by Gasteiger charge is -2.17. The van der Waals surface area contributed by atoms with E-state index in [2.05, 4.69) is 31.2 Å². The Balaban J connectivity index is 1.94. The molecular formula is C16H24N2. The van der Waals surface area contributed by atoms with E-state index < -0.39 is 0 Å². The molecule has 0 saturated heterocycles. The Hall–Kier alpha value is -1.44. The molecule has 98 valence electrons. The van der Waals surface area contributed by atoms with E-state index in [1.807, 2.05) is 0 Å². The highest BCUT2D eigenvalue weighted by atomic mass is 14.6. The van der Waals surface area contributed by atoms with E-state index in [0.29, 0.717) is 5.92 Å². The minimum Gasteiger partial charge on any atom is -0.402 e. The minimum atomic E-state index is 0.578. The fourth-order valence-electron chi connectivity index (χ4n) is 2.76. The highest BCUT2D eigenvalue weighted by molar-refractivity contribution is 5.29. The van der Waals surface area contributed by atoms with E-state index in [1.165, 1.54) is 17.6 Å². The van der Waals surface area contributed by atoms with Gasteiger partial charge in [0.2, 0.25) is 0 Å². The van der Waals surface area contributed by atoms with Gasteiger partial charge in [-0.1, -0.05) is 24.6 Å². The summed E-state index contributed by atoms with van der Waals surface area (Å²) < 4.78 is 0. The van der Waals surface area contributed by atoms with Crippen molar-refractivity contribution >= 4 is 0 Å². The van der Waals surface area contributed by atoms with Gasteiger partial charge in [0.15, 0.2) is 0 Å². The molecule has 1 unspecified atom stereocenters. The van der Waals surface area contributed by atoms with Gasteiger partial charge >= 0.3 is 0 Å². The van der Waals surface area contributed by atoms with Crippen LogP contribution in [0.1, 0.15) is 45.4 Å². The van der Waals surface area contributed by atoms with Crippen LogP contribution >= 0.6 is 0 Å². The maximum absolute atomic E-state index is 5.95. The van der Waals surface area contributed by atoms with Crippen LogP contribution in [0.4, 0.5) is 0 Å². The molecule has 0 amide bonds. The molecule has 0 saturated carbocycles. The first-order valence-electron chi connectivity index (χ1n) is 6.95. The third-order valence-electron chi connectivity index (χ3n) is 3.61. The number of allylic oxidation sites excluding steroid dienone is 7. The van der Waals surface area contributed by atoms with Gasteiger partial charge in [0.1, 0.15) is 0 Å². The molecule has 2 aliphatic carbocycles. The second-order valence-electron chi connectivity index (χ2n) is 5.54. The van der Waals surface area contributed by atoms with Crippen molar-refractivity contribution in [2.45, 2.75) is 45.4 Å². The van der Waals surface area contributed by atoms with Gasteiger partial charge in [0.05, 0.1) is 0 Å². The lowest BCUT2D eigenvalue weighted by atomic mass is 9.90. The average Bonchev–Trinajstić information content (AvgIpc) is 2.50. The molecule has 2 aliphatic rings. The van der Waals surface area contributed by atoms with Crippen LogP contribution in [-0.2, 0) is 0 Å². The zero-order chi connectivity index (χ0) is 13.0. The molecule has 2 heteroatoms. The summed E-state index contributed by atoms with van der Waals surface area (Å²) in [6.07, 6.45) is 15.5. The summed E-state index contributed by atoms with van der Waals surface area (Å²) in [5, 5.41) is 0. The predicted octanol–water partition coefficient (Wildman–Crippen LogP) is 3.53. The molecule has 0 aromatic carbocycles. The summed E-state index contributed by atoms with van der Waals surface area (Å²) in [4.78, 5) is 0. The quantitative estimate of drug-likeness (QED) is 0.798. The number of nitrogens with two attached hydrogens (primary N) is 2. The third-order valence-corrected chi connectivity index (χ3v) is 3.61. The van der Waals surface area contributed by atoms with E-state index in [1.54, 1.807) is 0 Å². The zero-order valence-electron chi connectivity index (χ0n) is 11.3. The van der Waals surface area contributed by atoms with Crippen LogP contribution < -0.4 is 11.5 Å². The van der Waals surface area contributed by atoms with Gasteiger partial charge in [0.25, 0.3) is 0 Å². The van der Waals surface area contributed by atoms with Crippen LogP contribution in [-0.4, -0.2) is 0 Å². The lowest BCUT2D eigenvalue weighted by molar-refractivity contribution is 0.670. The molecule has 0 aromatic heterocycles. The Morgan fingerprint density at radius 3 is 2.83 bits per heavy atom. The Bertz CT molecular complexity index is 424. The smallest absolute Gasteiger partial charge is 0.0275 e. The van der Waals surface area contributed by atoms with Crippen molar-refractivity contribution in [3.8, 4) is 0 Å². The predicted molar refractivity (Wildman–Crippen MR) is 77.6 cm³/mol. The van der Waals surface area contributed by atoms with E-state index in [9.17, 15) is 0 Å². The lowest BCUT2D eigenvalue weighted by Crippen LogP contribution is -2.07. The second kappa shape index (κ2) is 5.94. The van der Waals surface area contributed by atoms with Crippen LogP contribution in [0.25, 0.3) is 0 Å². The summed E-state index contributed by atoms with van der Waals surface area (Å²) in [6.45, 7) is 2.22. The van der Waals surface area contributed by atoms with Gasteiger partial charge in [-0.05, 0) is 62.2 Å². The molecule has 0 aliphatic heterocycles. The van der Waals surface area contributed by atoms with Crippen molar-refractivity contribution in [3.05, 3.63) is 46.8 Å². The summed E-state index contributed by atoms with van der Waals surface area (Å²) >= 11 is 0. The van der Waals surface area contributed by atoms with Crippen LogP contribution in [0.15, 0.2) is 46.8 Å². The van der Waals surface area contributed by atoms with Crippen LogP contribution in [0.2, 0.25) is 0 Å². The van der Waals surface area contributed by atoms with Gasteiger partial charge in [-0.3, -0.25) is 0 Å². The highest BCUT2D eigenvalue weighted by Crippen LogP contribution is 2.26. The van der Waals surface area contributed by atoms with E-state index in [4.69, 9.17) is 11.5 Å². The molecule has 2 rings (SSSR count). The van der Waals surface area contributed by atoms with Gasteiger partial charge < -0.3 is 11.5 Å². The molecule has 0 fully saturated rings. The van der Waals surface area contributed by atoms with Gasteiger partial charge in [-0.25, -0.2) is 0 Å². The van der Waals surface area contributed by atoms with Crippen LogP contribution in [0.5, 0.6) is 0 Å². The Morgan fingerprint density at radius 1 is 1.22 bits per heavy atom. The molecule has 0 bridgehead atoms. The van der Waals surface area contributed by atoms with Gasteiger partial charge in [-0.2, -0.15) is 0 Å². The molecule has 18 heavy (non-hydrogen) atoms. The first-order chi connectivity index (χ1) is 8.63. The van der Waals surface area contributed by atoms with Crippen LogP contribution in [0, 0.1) is 5.92 Å². The Labute approximate surface area is 110 Å². The summed E-state index contributed by atoms with van der Waals surface area (Å²) in [5.74, 6) is 0.578. The molecule has 4 N–H and O–H groups in total. The van der Waals surface area contributed by atoms with Gasteiger partial charge in [-0.15, -0.1) is 0 Å². The van der Waals surface area contributed by atoms with Crippen molar-refractivity contribution in [1.82, 2.24) is 0 Å². The molecule has 1 atom stereocenters. The molecular weight excluding hydrogens is 220 g/mol. The average molecular weight is 244 g/mol. The summed E-state index contributed by atoms with van der Waals surface area (Å²) in [7, 11) is 0. The standard InChI is InChI=1S/C16H24N2/c1-12-8-14(11-16(18)9-12)7-6-13-4-2-3-5-15(17)10-13/h4,9-12H,2-3,5-8,17-18H2,1H3. The molecule has 0 spiro atoms. The minimum absolute atomic E-state index is 0.578. The third kappa shape index (κ3) is 3.80. The Kier molecular flexibility index (Phi) is 4.29. The van der Waals surface area contributed by atoms with Crippen molar-refractivity contribution < 1.29 is 0 Å². The fraction of sp³-hybridized carbons (Fsp3) is 0.500.